The minimum absolute atomic E-state index is 0.125. The number of benzene rings is 2. The molecule has 2 bridgehead atoms. The number of methoxy groups -OCH3 is 1. The Kier molecular flexibility index (Phi) is 6.16. The lowest BCUT2D eigenvalue weighted by Crippen LogP contribution is -2.74. The Labute approximate surface area is 233 Å². The summed E-state index contributed by atoms with van der Waals surface area (Å²) < 4.78 is 29.1. The number of likely N-dealkylation sites (N-methyl/N-ethyl adjacent to an activating group) is 1. The molecule has 2 aliphatic carbocycles. The van der Waals surface area contributed by atoms with Gasteiger partial charge in [-0.3, -0.25) is 0 Å². The molecule has 1 N–H and O–H groups in total. The van der Waals surface area contributed by atoms with Crippen molar-refractivity contribution in [2.75, 3.05) is 20.7 Å². The molecule has 1 spiro atoms. The standard InChI is InChI=1S/C31H35NO8/c1-29(2,3)40-28(34)39-24(18-9-7-6-8-10-18)27(33)37-21-13-14-31(35)22-17-19-11-12-20(36-5)25-23(19)30(31,26(21)38-25)15-16-32(22)4/h6-13,22,24,26,35H,14-17H2,1-5H3/t22?,24-,26-,30-,31-/m0/s1. The molecular formula is C31H35NO8. The molecule has 0 saturated carbocycles. The zero-order valence-electron chi connectivity index (χ0n) is 23.4. The Morgan fingerprint density at radius 2 is 1.90 bits per heavy atom. The van der Waals surface area contributed by atoms with Gasteiger partial charge >= 0.3 is 12.1 Å². The molecule has 1 unspecified atom stereocenters. The van der Waals surface area contributed by atoms with Gasteiger partial charge in [-0.1, -0.05) is 36.4 Å². The van der Waals surface area contributed by atoms with Crippen LogP contribution < -0.4 is 9.47 Å². The van der Waals surface area contributed by atoms with E-state index in [0.717, 1.165) is 17.7 Å². The van der Waals surface area contributed by atoms with E-state index in [0.29, 0.717) is 29.9 Å². The van der Waals surface area contributed by atoms with E-state index >= 15 is 0 Å². The zero-order chi connectivity index (χ0) is 28.4. The number of likely N-dealkylation sites (tertiary alicyclic amines) is 1. The van der Waals surface area contributed by atoms with Crippen molar-refractivity contribution >= 4 is 12.1 Å². The van der Waals surface area contributed by atoms with E-state index in [1.54, 1.807) is 64.3 Å². The van der Waals surface area contributed by atoms with E-state index in [9.17, 15) is 14.7 Å². The zero-order valence-corrected chi connectivity index (χ0v) is 23.4. The van der Waals surface area contributed by atoms with Crippen LogP contribution in [0.5, 0.6) is 11.5 Å². The van der Waals surface area contributed by atoms with Crippen LogP contribution in [0.3, 0.4) is 0 Å². The SMILES string of the molecule is COc1ccc2c3c1O[C@H]1C(OC(=O)[C@@H](OC(=O)OC(C)(C)C)c4ccccc4)=CC[C@]4(O)C(C2)N(C)CC[C@]314. The van der Waals surface area contributed by atoms with Crippen LogP contribution in [0.1, 0.15) is 56.4 Å². The van der Waals surface area contributed by atoms with E-state index in [2.05, 4.69) is 4.90 Å². The molecule has 9 heteroatoms. The van der Waals surface area contributed by atoms with E-state index in [1.807, 2.05) is 19.2 Å². The minimum atomic E-state index is -1.36. The molecule has 212 valence electrons. The van der Waals surface area contributed by atoms with Crippen molar-refractivity contribution < 1.29 is 38.4 Å². The maximum Gasteiger partial charge on any atom is 0.510 e. The maximum atomic E-state index is 13.7. The number of aliphatic hydroxyl groups is 1. The first-order valence-corrected chi connectivity index (χ1v) is 13.6. The van der Waals surface area contributed by atoms with E-state index in [-0.39, 0.29) is 18.2 Å². The number of piperidine rings is 1. The number of esters is 1. The monoisotopic (exact) mass is 549 g/mol. The van der Waals surface area contributed by atoms with Crippen molar-refractivity contribution in [1.82, 2.24) is 4.90 Å². The number of hydrogen-bond donors (Lipinski definition) is 1. The minimum Gasteiger partial charge on any atom is -0.493 e. The van der Waals surface area contributed by atoms with Crippen LogP contribution in [0.4, 0.5) is 4.79 Å². The molecule has 5 atom stereocenters. The summed E-state index contributed by atoms with van der Waals surface area (Å²) in [6.07, 6.45) is 0.221. The predicted octanol–water partition coefficient (Wildman–Crippen LogP) is 4.21. The van der Waals surface area contributed by atoms with Crippen molar-refractivity contribution in [1.29, 1.82) is 0 Å². The number of ether oxygens (including phenoxy) is 5. The van der Waals surface area contributed by atoms with Crippen LogP contribution in [-0.4, -0.2) is 66.2 Å². The third-order valence-electron chi connectivity index (χ3n) is 8.70. The maximum absolute atomic E-state index is 13.7. The second kappa shape index (κ2) is 9.24. The Morgan fingerprint density at radius 3 is 2.60 bits per heavy atom. The third-order valence-corrected chi connectivity index (χ3v) is 8.70. The smallest absolute Gasteiger partial charge is 0.493 e. The summed E-state index contributed by atoms with van der Waals surface area (Å²) in [5.41, 5.74) is -0.264. The van der Waals surface area contributed by atoms with E-state index < -0.39 is 40.9 Å². The largest absolute Gasteiger partial charge is 0.510 e. The number of carbonyl (C=O) groups is 2. The van der Waals surface area contributed by atoms with Gasteiger partial charge in [0.2, 0.25) is 6.10 Å². The third kappa shape index (κ3) is 3.89. The van der Waals surface area contributed by atoms with E-state index in [4.69, 9.17) is 23.7 Å². The van der Waals surface area contributed by atoms with Gasteiger partial charge < -0.3 is 33.7 Å². The molecule has 40 heavy (non-hydrogen) atoms. The summed E-state index contributed by atoms with van der Waals surface area (Å²) in [5, 5.41) is 12.4. The summed E-state index contributed by atoms with van der Waals surface area (Å²) in [5.74, 6) is 0.665. The van der Waals surface area contributed by atoms with Gasteiger partial charge in [0, 0.05) is 23.6 Å². The van der Waals surface area contributed by atoms with Crippen LogP contribution in [0.2, 0.25) is 0 Å². The number of hydrogen-bond acceptors (Lipinski definition) is 9. The molecule has 6 rings (SSSR count). The fraction of sp³-hybridized carbons (Fsp3) is 0.484. The van der Waals surface area contributed by atoms with Crippen LogP contribution in [-0.2, 0) is 30.8 Å². The Balaban J connectivity index is 1.37. The lowest BCUT2D eigenvalue weighted by atomic mass is 9.50. The normalized spacial score (nSPS) is 28.9. The van der Waals surface area contributed by atoms with Gasteiger partial charge in [0.25, 0.3) is 0 Å². The molecule has 2 aromatic rings. The summed E-state index contributed by atoms with van der Waals surface area (Å²) in [6, 6.07) is 12.5. The average Bonchev–Trinajstić information content (AvgIpc) is 3.26. The van der Waals surface area contributed by atoms with Gasteiger partial charge in [0.15, 0.2) is 17.6 Å². The van der Waals surface area contributed by atoms with Crippen molar-refractivity contribution in [3.63, 3.8) is 0 Å². The van der Waals surface area contributed by atoms with Gasteiger partial charge in [-0.05, 0) is 64.9 Å². The van der Waals surface area contributed by atoms with Gasteiger partial charge in [0.1, 0.15) is 11.4 Å². The summed E-state index contributed by atoms with van der Waals surface area (Å²) >= 11 is 0. The Bertz CT molecular complexity index is 1380. The molecule has 1 saturated heterocycles. The highest BCUT2D eigenvalue weighted by Gasteiger charge is 2.72. The fourth-order valence-corrected chi connectivity index (χ4v) is 7.01. The number of nitrogens with zero attached hydrogens (tertiary/aromatic N) is 1. The second-order valence-electron chi connectivity index (χ2n) is 12.1. The van der Waals surface area contributed by atoms with Crippen molar-refractivity contribution in [2.45, 2.75) is 74.9 Å². The van der Waals surface area contributed by atoms with Crippen LogP contribution in [0, 0.1) is 0 Å². The van der Waals surface area contributed by atoms with Crippen LogP contribution >= 0.6 is 0 Å². The summed E-state index contributed by atoms with van der Waals surface area (Å²) in [7, 11) is 3.62. The quantitative estimate of drug-likeness (QED) is 0.550. The number of carbonyl (C=O) groups excluding carboxylic acids is 2. The summed E-state index contributed by atoms with van der Waals surface area (Å²) in [6.45, 7) is 5.90. The molecule has 0 amide bonds. The fourth-order valence-electron chi connectivity index (χ4n) is 7.01. The highest BCUT2D eigenvalue weighted by atomic mass is 16.7. The Morgan fingerprint density at radius 1 is 1.15 bits per heavy atom. The number of rotatable bonds is 5. The molecule has 9 nitrogen and oxygen atoms in total. The first kappa shape index (κ1) is 26.7. The molecule has 2 aromatic carbocycles. The van der Waals surface area contributed by atoms with Crippen LogP contribution in [0.25, 0.3) is 0 Å². The molecular weight excluding hydrogens is 514 g/mol. The van der Waals surface area contributed by atoms with Gasteiger partial charge in [0.05, 0.1) is 18.1 Å². The molecule has 1 fully saturated rings. The second-order valence-corrected chi connectivity index (χ2v) is 12.1. The molecule has 0 aromatic heterocycles. The molecule has 2 heterocycles. The van der Waals surface area contributed by atoms with Gasteiger partial charge in [-0.15, -0.1) is 0 Å². The lowest BCUT2D eigenvalue weighted by Gasteiger charge is -2.61. The first-order valence-electron chi connectivity index (χ1n) is 13.6. The van der Waals surface area contributed by atoms with Crippen LogP contribution in [0.15, 0.2) is 54.3 Å². The van der Waals surface area contributed by atoms with Gasteiger partial charge in [-0.25, -0.2) is 9.59 Å². The van der Waals surface area contributed by atoms with E-state index in [1.165, 1.54) is 0 Å². The molecule has 2 aliphatic heterocycles. The van der Waals surface area contributed by atoms with Crippen molar-refractivity contribution in [3.8, 4) is 11.5 Å². The molecule has 4 aliphatic rings. The highest BCUT2D eigenvalue weighted by Crippen LogP contribution is 2.65. The summed E-state index contributed by atoms with van der Waals surface area (Å²) in [4.78, 5) is 28.5. The highest BCUT2D eigenvalue weighted by molar-refractivity contribution is 5.80. The first-order chi connectivity index (χ1) is 19.0. The predicted molar refractivity (Wildman–Crippen MR) is 144 cm³/mol. The van der Waals surface area contributed by atoms with Crippen molar-refractivity contribution in [3.05, 3.63) is 71.0 Å². The average molecular weight is 550 g/mol. The molecule has 0 radical (unpaired) electrons. The van der Waals surface area contributed by atoms with Crippen molar-refractivity contribution in [2.24, 2.45) is 0 Å². The Hall–Kier alpha value is -3.56. The van der Waals surface area contributed by atoms with Gasteiger partial charge in [-0.2, -0.15) is 0 Å². The lowest BCUT2D eigenvalue weighted by molar-refractivity contribution is -0.173. The topological polar surface area (TPSA) is 104 Å².